The number of likely N-dealkylation sites (tertiary alicyclic amines) is 1. The summed E-state index contributed by atoms with van der Waals surface area (Å²) < 4.78 is 5.23. The molecule has 2 atom stereocenters. The molecular weight excluding hydrogens is 290 g/mol. The van der Waals surface area contributed by atoms with Crippen molar-refractivity contribution in [2.75, 3.05) is 39.9 Å². The Bertz CT molecular complexity index is 501. The number of ether oxygens (including phenoxy) is 1. The number of methoxy groups -OCH3 is 1. The largest absolute Gasteiger partial charge is 0.497 e. The van der Waals surface area contributed by atoms with E-state index in [9.17, 15) is 0 Å². The Morgan fingerprint density at radius 2 is 2.17 bits per heavy atom. The van der Waals surface area contributed by atoms with Gasteiger partial charge in [0.05, 0.1) is 7.11 Å². The van der Waals surface area contributed by atoms with Crippen molar-refractivity contribution in [2.45, 2.75) is 26.2 Å². The van der Waals surface area contributed by atoms with Gasteiger partial charge in [-0.15, -0.1) is 0 Å². The number of hydrogen-bond acceptors (Lipinski definition) is 3. The third kappa shape index (κ3) is 4.86. The van der Waals surface area contributed by atoms with Crippen molar-refractivity contribution in [1.29, 1.82) is 0 Å². The fraction of sp³-hybridized carbons (Fsp3) is 0.611. The van der Waals surface area contributed by atoms with Crippen LogP contribution in [0.5, 0.6) is 5.75 Å². The zero-order valence-corrected chi connectivity index (χ0v) is 14.5. The van der Waals surface area contributed by atoms with Crippen molar-refractivity contribution in [1.82, 2.24) is 10.2 Å². The van der Waals surface area contributed by atoms with E-state index in [1.54, 1.807) is 7.11 Å². The fourth-order valence-corrected chi connectivity index (χ4v) is 2.83. The fourth-order valence-electron chi connectivity index (χ4n) is 2.83. The van der Waals surface area contributed by atoms with Gasteiger partial charge in [0.15, 0.2) is 5.96 Å². The van der Waals surface area contributed by atoms with Crippen molar-refractivity contribution in [2.24, 2.45) is 10.9 Å². The SMILES string of the molecule is CCNC(=NCC(C)CO)N1CCC(c2ccc(OC)cc2)C1. The first-order chi connectivity index (χ1) is 11.2. The lowest BCUT2D eigenvalue weighted by Gasteiger charge is -2.22. The van der Waals surface area contributed by atoms with Gasteiger partial charge < -0.3 is 20.1 Å². The van der Waals surface area contributed by atoms with Gasteiger partial charge in [0.1, 0.15) is 5.75 Å². The highest BCUT2D eigenvalue weighted by Crippen LogP contribution is 2.28. The molecule has 1 aromatic carbocycles. The van der Waals surface area contributed by atoms with Gasteiger partial charge in [-0.25, -0.2) is 0 Å². The molecule has 0 aromatic heterocycles. The third-order valence-corrected chi connectivity index (χ3v) is 4.27. The van der Waals surface area contributed by atoms with E-state index in [0.717, 1.165) is 37.8 Å². The van der Waals surface area contributed by atoms with Crippen molar-refractivity contribution >= 4 is 5.96 Å². The number of benzene rings is 1. The van der Waals surface area contributed by atoms with Crippen LogP contribution in [0.25, 0.3) is 0 Å². The molecular formula is C18H29N3O2. The van der Waals surface area contributed by atoms with Crippen LogP contribution in [-0.2, 0) is 0 Å². The topological polar surface area (TPSA) is 57.1 Å². The zero-order valence-electron chi connectivity index (χ0n) is 14.5. The molecule has 0 bridgehead atoms. The average molecular weight is 319 g/mol. The molecule has 2 rings (SSSR count). The second-order valence-corrected chi connectivity index (χ2v) is 6.19. The van der Waals surface area contributed by atoms with E-state index in [1.807, 2.05) is 19.1 Å². The molecule has 1 aliphatic heterocycles. The summed E-state index contributed by atoms with van der Waals surface area (Å²) in [5, 5.41) is 12.5. The Morgan fingerprint density at radius 1 is 1.43 bits per heavy atom. The standard InChI is InChI=1S/C18H29N3O2/c1-4-19-18(20-11-14(2)13-22)21-10-9-16(12-21)15-5-7-17(23-3)8-6-15/h5-8,14,16,22H,4,9-13H2,1-3H3,(H,19,20). The highest BCUT2D eigenvalue weighted by Gasteiger charge is 2.26. The van der Waals surface area contributed by atoms with Crippen LogP contribution in [0.1, 0.15) is 31.7 Å². The predicted octanol–water partition coefficient (Wildman–Crippen LogP) is 2.08. The molecule has 5 nitrogen and oxygen atoms in total. The molecule has 5 heteroatoms. The smallest absolute Gasteiger partial charge is 0.193 e. The molecule has 1 saturated heterocycles. The third-order valence-electron chi connectivity index (χ3n) is 4.27. The maximum atomic E-state index is 9.16. The molecule has 1 aliphatic rings. The lowest BCUT2D eigenvalue weighted by molar-refractivity contribution is 0.241. The van der Waals surface area contributed by atoms with E-state index in [1.165, 1.54) is 5.56 Å². The Balaban J connectivity index is 2.00. The Morgan fingerprint density at radius 3 is 2.78 bits per heavy atom. The maximum Gasteiger partial charge on any atom is 0.193 e. The van der Waals surface area contributed by atoms with Crippen LogP contribution >= 0.6 is 0 Å². The number of aliphatic imine (C=N–C) groups is 1. The first-order valence-corrected chi connectivity index (χ1v) is 8.46. The molecule has 0 radical (unpaired) electrons. The van der Waals surface area contributed by atoms with Crippen molar-refractivity contribution in [3.8, 4) is 5.75 Å². The lowest BCUT2D eigenvalue weighted by atomic mass is 9.98. The number of aliphatic hydroxyl groups excluding tert-OH is 1. The van der Waals surface area contributed by atoms with Crippen LogP contribution in [0, 0.1) is 5.92 Å². The molecule has 1 aromatic rings. The number of rotatable bonds is 6. The molecule has 2 unspecified atom stereocenters. The minimum atomic E-state index is 0.178. The van der Waals surface area contributed by atoms with E-state index in [0.29, 0.717) is 12.5 Å². The number of nitrogens with one attached hydrogen (secondary N) is 1. The summed E-state index contributed by atoms with van der Waals surface area (Å²) in [5.41, 5.74) is 1.35. The molecule has 1 heterocycles. The summed E-state index contributed by atoms with van der Waals surface area (Å²) in [5.74, 6) is 2.59. The van der Waals surface area contributed by atoms with Crippen LogP contribution in [0.2, 0.25) is 0 Å². The van der Waals surface area contributed by atoms with Gasteiger partial charge in [-0.1, -0.05) is 19.1 Å². The van der Waals surface area contributed by atoms with Gasteiger partial charge in [0, 0.05) is 38.7 Å². The summed E-state index contributed by atoms with van der Waals surface area (Å²) in [4.78, 5) is 7.00. The van der Waals surface area contributed by atoms with Crippen LogP contribution in [0.3, 0.4) is 0 Å². The molecule has 0 spiro atoms. The van der Waals surface area contributed by atoms with E-state index >= 15 is 0 Å². The predicted molar refractivity (Wildman–Crippen MR) is 94.2 cm³/mol. The minimum Gasteiger partial charge on any atom is -0.497 e. The first kappa shape index (κ1) is 17.6. The highest BCUT2D eigenvalue weighted by molar-refractivity contribution is 5.80. The zero-order chi connectivity index (χ0) is 16.7. The quantitative estimate of drug-likeness (QED) is 0.623. The van der Waals surface area contributed by atoms with Crippen LogP contribution in [-0.4, -0.2) is 55.9 Å². The summed E-state index contributed by atoms with van der Waals surface area (Å²) in [6.07, 6.45) is 1.13. The molecule has 0 saturated carbocycles. The lowest BCUT2D eigenvalue weighted by Crippen LogP contribution is -2.40. The number of nitrogens with zero attached hydrogens (tertiary/aromatic N) is 2. The Hall–Kier alpha value is -1.75. The molecule has 23 heavy (non-hydrogen) atoms. The van der Waals surface area contributed by atoms with E-state index < -0.39 is 0 Å². The second-order valence-electron chi connectivity index (χ2n) is 6.19. The average Bonchev–Trinajstić information content (AvgIpc) is 3.08. The van der Waals surface area contributed by atoms with Crippen LogP contribution in [0.15, 0.2) is 29.3 Å². The molecule has 128 valence electrons. The Kier molecular flexibility index (Phi) is 6.71. The van der Waals surface area contributed by atoms with Gasteiger partial charge in [-0.3, -0.25) is 4.99 Å². The van der Waals surface area contributed by atoms with Crippen LogP contribution < -0.4 is 10.1 Å². The van der Waals surface area contributed by atoms with Gasteiger partial charge in [-0.2, -0.15) is 0 Å². The summed E-state index contributed by atoms with van der Waals surface area (Å²) in [6.45, 7) is 7.77. The first-order valence-electron chi connectivity index (χ1n) is 8.46. The van der Waals surface area contributed by atoms with Gasteiger partial charge in [0.2, 0.25) is 0 Å². The summed E-state index contributed by atoms with van der Waals surface area (Å²) >= 11 is 0. The Labute approximate surface area is 139 Å². The molecule has 2 N–H and O–H groups in total. The molecule has 1 fully saturated rings. The van der Waals surface area contributed by atoms with Crippen molar-refractivity contribution in [3.05, 3.63) is 29.8 Å². The minimum absolute atomic E-state index is 0.178. The van der Waals surface area contributed by atoms with Gasteiger partial charge in [-0.05, 0) is 37.0 Å². The summed E-state index contributed by atoms with van der Waals surface area (Å²) in [6, 6.07) is 8.37. The summed E-state index contributed by atoms with van der Waals surface area (Å²) in [7, 11) is 1.69. The van der Waals surface area contributed by atoms with E-state index in [2.05, 4.69) is 34.3 Å². The van der Waals surface area contributed by atoms with Gasteiger partial charge >= 0.3 is 0 Å². The van der Waals surface area contributed by atoms with Crippen molar-refractivity contribution < 1.29 is 9.84 Å². The van der Waals surface area contributed by atoms with Crippen LogP contribution in [0.4, 0.5) is 0 Å². The molecule has 0 amide bonds. The molecule has 0 aliphatic carbocycles. The monoisotopic (exact) mass is 319 g/mol. The number of hydrogen-bond donors (Lipinski definition) is 2. The highest BCUT2D eigenvalue weighted by atomic mass is 16.5. The normalized spacial score (nSPS) is 19.7. The van der Waals surface area contributed by atoms with E-state index in [-0.39, 0.29) is 12.5 Å². The second kappa shape index (κ2) is 8.77. The van der Waals surface area contributed by atoms with Gasteiger partial charge in [0.25, 0.3) is 0 Å². The van der Waals surface area contributed by atoms with E-state index in [4.69, 9.17) is 9.84 Å². The van der Waals surface area contributed by atoms with Crippen molar-refractivity contribution in [3.63, 3.8) is 0 Å². The number of guanidine groups is 1. The maximum absolute atomic E-state index is 9.16. The number of aliphatic hydroxyl groups is 1.